The molecule has 2 aromatic carbocycles. The van der Waals surface area contributed by atoms with E-state index in [9.17, 15) is 10.2 Å². The van der Waals surface area contributed by atoms with Crippen LogP contribution in [0.5, 0.6) is 17.2 Å². The number of ether oxygens (including phenoxy) is 1. The first kappa shape index (κ1) is 14.5. The highest BCUT2D eigenvalue weighted by molar-refractivity contribution is 5.60. The van der Waals surface area contributed by atoms with Gasteiger partial charge in [0.05, 0.1) is 0 Å². The summed E-state index contributed by atoms with van der Waals surface area (Å²) in [5, 5.41) is 20.7. The van der Waals surface area contributed by atoms with Gasteiger partial charge in [-0.3, -0.25) is 0 Å². The van der Waals surface area contributed by atoms with Crippen molar-refractivity contribution in [2.45, 2.75) is 32.3 Å². The lowest BCUT2D eigenvalue weighted by molar-refractivity contribution is 0.259. The molecule has 0 aromatic heterocycles. The van der Waals surface area contributed by atoms with Gasteiger partial charge in [0.2, 0.25) is 0 Å². The van der Waals surface area contributed by atoms with Crippen LogP contribution in [0.2, 0.25) is 0 Å². The van der Waals surface area contributed by atoms with Gasteiger partial charge in [0, 0.05) is 17.5 Å². The Morgan fingerprint density at radius 2 is 1.95 bits per heavy atom. The molecule has 0 fully saturated rings. The summed E-state index contributed by atoms with van der Waals surface area (Å²) in [6, 6.07) is 11.7. The topological polar surface area (TPSA) is 49.7 Å². The summed E-state index contributed by atoms with van der Waals surface area (Å²) >= 11 is 0. The van der Waals surface area contributed by atoms with Crippen molar-refractivity contribution in [1.82, 2.24) is 0 Å². The van der Waals surface area contributed by atoms with Gasteiger partial charge >= 0.3 is 0 Å². The van der Waals surface area contributed by atoms with Gasteiger partial charge < -0.3 is 14.9 Å². The van der Waals surface area contributed by atoms with Crippen molar-refractivity contribution in [3.05, 3.63) is 65.2 Å². The Labute approximate surface area is 130 Å². The van der Waals surface area contributed by atoms with E-state index in [4.69, 9.17) is 4.74 Å². The van der Waals surface area contributed by atoms with Crippen molar-refractivity contribution in [3.8, 4) is 17.2 Å². The molecule has 3 rings (SSSR count). The quantitative estimate of drug-likeness (QED) is 0.667. The number of rotatable bonds is 4. The van der Waals surface area contributed by atoms with Crippen LogP contribution in [0.4, 0.5) is 0 Å². The van der Waals surface area contributed by atoms with Crippen LogP contribution in [0.15, 0.2) is 48.6 Å². The number of benzene rings is 2. The molecule has 0 saturated heterocycles. The van der Waals surface area contributed by atoms with Gasteiger partial charge in [0.1, 0.15) is 11.9 Å². The highest BCUT2D eigenvalue weighted by Crippen LogP contribution is 2.46. The standard InChI is InChI=1S/C19H20O3/c1-12(2)17-11-15-16(20)10-14(18(21)19(15)22-17)9-8-13-6-4-3-5-7-13/h3-7,10,17,20-21H,1,8-9,11H2,2H3. The highest BCUT2D eigenvalue weighted by atomic mass is 16.5. The van der Waals surface area contributed by atoms with Crippen LogP contribution >= 0.6 is 0 Å². The molecule has 0 radical (unpaired) electrons. The summed E-state index contributed by atoms with van der Waals surface area (Å²) in [5.41, 5.74) is 3.47. The first-order chi connectivity index (χ1) is 10.6. The van der Waals surface area contributed by atoms with Gasteiger partial charge in [-0.05, 0) is 37.0 Å². The molecule has 2 aromatic rings. The lowest BCUT2D eigenvalue weighted by atomic mass is 9.99. The van der Waals surface area contributed by atoms with Crippen LogP contribution in [0, 0.1) is 0 Å². The van der Waals surface area contributed by atoms with E-state index < -0.39 is 0 Å². The Morgan fingerprint density at radius 3 is 2.64 bits per heavy atom. The van der Waals surface area contributed by atoms with Crippen LogP contribution in [0.25, 0.3) is 0 Å². The molecule has 0 spiro atoms. The summed E-state index contributed by atoms with van der Waals surface area (Å²) in [6.45, 7) is 5.78. The van der Waals surface area contributed by atoms with Crippen molar-refractivity contribution in [1.29, 1.82) is 0 Å². The second kappa shape index (κ2) is 5.76. The largest absolute Gasteiger partial charge is 0.508 e. The molecular weight excluding hydrogens is 276 g/mol. The second-order valence-corrected chi connectivity index (χ2v) is 5.85. The molecule has 0 aliphatic carbocycles. The van der Waals surface area contributed by atoms with Crippen molar-refractivity contribution in [2.75, 3.05) is 0 Å². The molecule has 1 aliphatic rings. The average molecular weight is 296 g/mol. The predicted molar refractivity (Wildman–Crippen MR) is 86.6 cm³/mol. The van der Waals surface area contributed by atoms with Crippen LogP contribution in [0.3, 0.4) is 0 Å². The SMILES string of the molecule is C=C(C)C1Cc2c(O)cc(CCc3ccccc3)c(O)c2O1. The third kappa shape index (κ3) is 2.67. The average Bonchev–Trinajstić information content (AvgIpc) is 2.97. The summed E-state index contributed by atoms with van der Waals surface area (Å²) in [6.07, 6.45) is 1.84. The number of phenolic OH excluding ortho intramolecular Hbond substituents is 2. The smallest absolute Gasteiger partial charge is 0.169 e. The Hall–Kier alpha value is -2.42. The number of aryl methyl sites for hydroxylation is 2. The summed E-state index contributed by atoms with van der Waals surface area (Å²) in [7, 11) is 0. The van der Waals surface area contributed by atoms with Crippen molar-refractivity contribution in [2.24, 2.45) is 0 Å². The third-order valence-electron chi connectivity index (χ3n) is 4.14. The zero-order valence-corrected chi connectivity index (χ0v) is 12.7. The van der Waals surface area contributed by atoms with E-state index in [1.54, 1.807) is 6.07 Å². The first-order valence-electron chi connectivity index (χ1n) is 7.49. The van der Waals surface area contributed by atoms with E-state index in [2.05, 4.69) is 18.7 Å². The Balaban J connectivity index is 1.84. The molecule has 1 aliphatic heterocycles. The molecule has 2 N–H and O–H groups in total. The zero-order valence-electron chi connectivity index (χ0n) is 12.7. The van der Waals surface area contributed by atoms with E-state index in [0.717, 1.165) is 12.0 Å². The van der Waals surface area contributed by atoms with Crippen molar-refractivity contribution < 1.29 is 14.9 Å². The van der Waals surface area contributed by atoms with Crippen LogP contribution < -0.4 is 4.74 Å². The first-order valence-corrected chi connectivity index (χ1v) is 7.49. The fourth-order valence-corrected chi connectivity index (χ4v) is 2.81. The maximum atomic E-state index is 10.4. The van der Waals surface area contributed by atoms with Gasteiger partial charge in [-0.2, -0.15) is 0 Å². The molecule has 22 heavy (non-hydrogen) atoms. The molecule has 3 heteroatoms. The second-order valence-electron chi connectivity index (χ2n) is 5.85. The summed E-state index contributed by atoms with van der Waals surface area (Å²) in [5.74, 6) is 0.753. The van der Waals surface area contributed by atoms with Gasteiger partial charge in [-0.25, -0.2) is 0 Å². The molecule has 1 unspecified atom stereocenters. The third-order valence-corrected chi connectivity index (χ3v) is 4.14. The molecule has 114 valence electrons. The molecule has 0 amide bonds. The van der Waals surface area contributed by atoms with E-state index in [1.807, 2.05) is 25.1 Å². The number of hydrogen-bond donors (Lipinski definition) is 2. The lowest BCUT2D eigenvalue weighted by Gasteiger charge is -2.12. The molecule has 1 atom stereocenters. The normalized spacial score (nSPS) is 16.1. The van der Waals surface area contributed by atoms with E-state index >= 15 is 0 Å². The Kier molecular flexibility index (Phi) is 3.80. The van der Waals surface area contributed by atoms with Crippen LogP contribution in [-0.2, 0) is 19.3 Å². The van der Waals surface area contributed by atoms with Gasteiger partial charge in [-0.15, -0.1) is 0 Å². The van der Waals surface area contributed by atoms with Crippen LogP contribution in [-0.4, -0.2) is 16.3 Å². The molecular formula is C19H20O3. The Morgan fingerprint density at radius 1 is 1.23 bits per heavy atom. The summed E-state index contributed by atoms with van der Waals surface area (Å²) < 4.78 is 5.76. The van der Waals surface area contributed by atoms with Crippen molar-refractivity contribution >= 4 is 0 Å². The van der Waals surface area contributed by atoms with Crippen molar-refractivity contribution in [3.63, 3.8) is 0 Å². The minimum atomic E-state index is -0.170. The van der Waals surface area contributed by atoms with E-state index in [-0.39, 0.29) is 17.6 Å². The van der Waals surface area contributed by atoms with Gasteiger partial charge in [0.15, 0.2) is 11.5 Å². The molecule has 3 nitrogen and oxygen atoms in total. The molecule has 1 heterocycles. The monoisotopic (exact) mass is 296 g/mol. The maximum Gasteiger partial charge on any atom is 0.169 e. The van der Waals surface area contributed by atoms with Crippen LogP contribution in [0.1, 0.15) is 23.6 Å². The minimum Gasteiger partial charge on any atom is -0.508 e. The fraction of sp³-hybridized carbons (Fsp3) is 0.263. The molecule has 0 saturated carbocycles. The lowest BCUT2D eigenvalue weighted by Crippen LogP contribution is -2.13. The van der Waals surface area contributed by atoms with E-state index in [1.165, 1.54) is 5.56 Å². The minimum absolute atomic E-state index is 0.146. The van der Waals surface area contributed by atoms with Gasteiger partial charge in [-0.1, -0.05) is 36.9 Å². The number of aromatic hydroxyl groups is 2. The highest BCUT2D eigenvalue weighted by Gasteiger charge is 2.30. The summed E-state index contributed by atoms with van der Waals surface area (Å²) in [4.78, 5) is 0. The fourth-order valence-electron chi connectivity index (χ4n) is 2.81. The van der Waals surface area contributed by atoms with Gasteiger partial charge in [0.25, 0.3) is 0 Å². The maximum absolute atomic E-state index is 10.4. The Bertz CT molecular complexity index is 704. The molecule has 0 bridgehead atoms. The predicted octanol–water partition coefficient (Wildman–Crippen LogP) is 3.76. The number of hydrogen-bond acceptors (Lipinski definition) is 3. The number of fused-ring (bicyclic) bond motifs is 1. The number of phenols is 2. The zero-order chi connectivity index (χ0) is 15.7. The van der Waals surface area contributed by atoms with E-state index in [0.29, 0.717) is 29.7 Å².